The summed E-state index contributed by atoms with van der Waals surface area (Å²) in [5, 5.41) is 4.64. The molecule has 0 aliphatic heterocycles. The minimum Gasteiger partial charge on any atom is -0.352 e. The number of thioether (sulfide) groups is 1. The van der Waals surface area contributed by atoms with Crippen LogP contribution in [0.4, 0.5) is 0 Å². The van der Waals surface area contributed by atoms with E-state index in [9.17, 15) is 9.59 Å². The van der Waals surface area contributed by atoms with Gasteiger partial charge in [-0.15, -0.1) is 11.8 Å². The summed E-state index contributed by atoms with van der Waals surface area (Å²) in [6.45, 7) is 4.09. The van der Waals surface area contributed by atoms with E-state index in [0.29, 0.717) is 32.8 Å². The molecule has 196 valence electrons. The number of benzene rings is 3. The summed E-state index contributed by atoms with van der Waals surface area (Å²) in [4.78, 5) is 28.9. The van der Waals surface area contributed by atoms with Crippen LogP contribution in [0.3, 0.4) is 0 Å². The third-order valence-electron chi connectivity index (χ3n) is 6.05. The Morgan fingerprint density at radius 2 is 1.57 bits per heavy atom. The van der Waals surface area contributed by atoms with E-state index in [4.69, 9.17) is 34.8 Å². The fourth-order valence-electron chi connectivity index (χ4n) is 3.81. The fourth-order valence-corrected chi connectivity index (χ4v) is 5.40. The first kappa shape index (κ1) is 29.4. The van der Waals surface area contributed by atoms with E-state index in [1.54, 1.807) is 23.1 Å². The number of hydrogen-bond donors (Lipinski definition) is 1. The molecule has 3 aromatic rings. The number of hydrogen-bond acceptors (Lipinski definition) is 3. The van der Waals surface area contributed by atoms with Crippen LogP contribution in [0.1, 0.15) is 37.0 Å². The fraction of sp³-hybridized carbons (Fsp3) is 0.310. The molecule has 0 saturated carbocycles. The van der Waals surface area contributed by atoms with E-state index in [-0.39, 0.29) is 30.2 Å². The van der Waals surface area contributed by atoms with Gasteiger partial charge in [0.1, 0.15) is 6.04 Å². The lowest BCUT2D eigenvalue weighted by Gasteiger charge is -2.32. The molecule has 1 N–H and O–H groups in total. The first-order valence-corrected chi connectivity index (χ1v) is 14.5. The van der Waals surface area contributed by atoms with Gasteiger partial charge in [-0.25, -0.2) is 0 Å². The lowest BCUT2D eigenvalue weighted by atomic mass is 10.0. The van der Waals surface area contributed by atoms with Gasteiger partial charge in [-0.3, -0.25) is 9.59 Å². The highest BCUT2D eigenvalue weighted by atomic mass is 35.5. The zero-order chi connectivity index (χ0) is 26.8. The predicted molar refractivity (Wildman–Crippen MR) is 156 cm³/mol. The topological polar surface area (TPSA) is 49.4 Å². The van der Waals surface area contributed by atoms with E-state index < -0.39 is 6.04 Å². The molecule has 0 heterocycles. The molecule has 4 nitrogen and oxygen atoms in total. The molecule has 0 aliphatic rings. The standard InChI is InChI=1S/C29H31Cl3N2O2S/c1-3-20(2)33-29(36)27(16-21-9-5-4-6-10-21)34(17-24-25(31)13-8-14-26(24)32)28(35)19-37-18-22-11-7-12-23(30)15-22/h4-15,20,27H,3,16-19H2,1-2H3,(H,33,36)/t20-,27-/m0/s1. The molecule has 0 unspecified atom stereocenters. The van der Waals surface area contributed by atoms with Crippen LogP contribution in [0.5, 0.6) is 0 Å². The third-order valence-corrected chi connectivity index (χ3v) is 7.98. The van der Waals surface area contributed by atoms with Gasteiger partial charge in [0.2, 0.25) is 11.8 Å². The van der Waals surface area contributed by atoms with Crippen LogP contribution >= 0.6 is 46.6 Å². The van der Waals surface area contributed by atoms with Crippen molar-refractivity contribution in [2.45, 2.75) is 51.1 Å². The Kier molecular flexibility index (Phi) is 11.7. The van der Waals surface area contributed by atoms with Crippen LogP contribution in [-0.4, -0.2) is 34.6 Å². The van der Waals surface area contributed by atoms with Gasteiger partial charge in [0, 0.05) is 45.4 Å². The average Bonchev–Trinajstić information content (AvgIpc) is 2.88. The molecule has 0 aromatic heterocycles. The second kappa shape index (κ2) is 14.7. The molecular weight excluding hydrogens is 547 g/mol. The molecule has 0 bridgehead atoms. The van der Waals surface area contributed by atoms with Crippen LogP contribution in [0.2, 0.25) is 15.1 Å². The summed E-state index contributed by atoms with van der Waals surface area (Å²) in [5.74, 6) is 0.448. The maximum atomic E-state index is 13.7. The van der Waals surface area contributed by atoms with Gasteiger partial charge in [0.15, 0.2) is 0 Å². The Labute approximate surface area is 238 Å². The van der Waals surface area contributed by atoms with Crippen molar-refractivity contribution in [3.8, 4) is 0 Å². The van der Waals surface area contributed by atoms with Crippen molar-refractivity contribution in [1.82, 2.24) is 10.2 Å². The predicted octanol–water partition coefficient (Wildman–Crippen LogP) is 7.43. The number of nitrogens with one attached hydrogen (secondary N) is 1. The Hall–Kier alpha value is -2.18. The van der Waals surface area contributed by atoms with Crippen LogP contribution in [0.25, 0.3) is 0 Å². The Balaban J connectivity index is 1.90. The quantitative estimate of drug-likeness (QED) is 0.243. The lowest BCUT2D eigenvalue weighted by molar-refractivity contribution is -0.139. The monoisotopic (exact) mass is 576 g/mol. The number of halogens is 3. The Morgan fingerprint density at radius 1 is 0.919 bits per heavy atom. The molecule has 2 atom stereocenters. The summed E-state index contributed by atoms with van der Waals surface area (Å²) in [6, 6.07) is 21.8. The zero-order valence-corrected chi connectivity index (χ0v) is 24.0. The molecule has 3 aromatic carbocycles. The second-order valence-electron chi connectivity index (χ2n) is 8.87. The van der Waals surface area contributed by atoms with Crippen LogP contribution in [0, 0.1) is 0 Å². The minimum absolute atomic E-state index is 0.0242. The summed E-state index contributed by atoms with van der Waals surface area (Å²) in [6.07, 6.45) is 1.15. The highest BCUT2D eigenvalue weighted by Gasteiger charge is 2.31. The normalized spacial score (nSPS) is 12.6. The maximum Gasteiger partial charge on any atom is 0.243 e. The van der Waals surface area contributed by atoms with Crippen molar-refractivity contribution in [3.05, 3.63) is 105 Å². The van der Waals surface area contributed by atoms with Gasteiger partial charge in [-0.05, 0) is 48.7 Å². The molecule has 0 spiro atoms. The summed E-state index contributed by atoms with van der Waals surface area (Å²) in [5.41, 5.74) is 2.61. The van der Waals surface area contributed by atoms with Gasteiger partial charge >= 0.3 is 0 Å². The van der Waals surface area contributed by atoms with Gasteiger partial charge in [0.05, 0.1) is 5.75 Å². The van der Waals surface area contributed by atoms with Gasteiger partial charge in [-0.2, -0.15) is 0 Å². The minimum atomic E-state index is -0.733. The van der Waals surface area contributed by atoms with Gasteiger partial charge in [-0.1, -0.05) is 90.3 Å². The number of carbonyl (C=O) groups is 2. The Morgan fingerprint density at radius 3 is 2.22 bits per heavy atom. The number of rotatable bonds is 12. The van der Waals surface area contributed by atoms with Crippen molar-refractivity contribution < 1.29 is 9.59 Å². The smallest absolute Gasteiger partial charge is 0.243 e. The molecule has 8 heteroatoms. The van der Waals surface area contributed by atoms with Crippen LogP contribution in [0.15, 0.2) is 72.8 Å². The number of carbonyl (C=O) groups excluding carboxylic acids is 2. The number of amides is 2. The van der Waals surface area contributed by atoms with E-state index >= 15 is 0 Å². The molecule has 2 amide bonds. The first-order chi connectivity index (χ1) is 17.8. The Bertz CT molecular complexity index is 1170. The highest BCUT2D eigenvalue weighted by Crippen LogP contribution is 2.28. The van der Waals surface area contributed by atoms with E-state index in [2.05, 4.69) is 5.32 Å². The SMILES string of the molecule is CC[C@H](C)NC(=O)[C@H](Cc1ccccc1)N(Cc1c(Cl)cccc1Cl)C(=O)CSCc1cccc(Cl)c1. The second-order valence-corrected chi connectivity index (χ2v) is 11.1. The van der Waals surface area contributed by atoms with Gasteiger partial charge in [0.25, 0.3) is 0 Å². The van der Waals surface area contributed by atoms with E-state index in [1.807, 2.05) is 68.4 Å². The van der Waals surface area contributed by atoms with Crippen molar-refractivity contribution in [3.63, 3.8) is 0 Å². The average molecular weight is 578 g/mol. The third kappa shape index (κ3) is 8.96. The van der Waals surface area contributed by atoms with Crippen molar-refractivity contribution in [1.29, 1.82) is 0 Å². The zero-order valence-electron chi connectivity index (χ0n) is 20.9. The van der Waals surface area contributed by atoms with E-state index in [0.717, 1.165) is 17.5 Å². The first-order valence-electron chi connectivity index (χ1n) is 12.2. The molecular formula is C29H31Cl3N2O2S. The summed E-state index contributed by atoms with van der Waals surface area (Å²) < 4.78 is 0. The lowest BCUT2D eigenvalue weighted by Crippen LogP contribution is -2.52. The molecule has 0 aliphatic carbocycles. The molecule has 0 fully saturated rings. The van der Waals surface area contributed by atoms with Crippen molar-refractivity contribution in [2.24, 2.45) is 0 Å². The highest BCUT2D eigenvalue weighted by molar-refractivity contribution is 7.99. The largest absolute Gasteiger partial charge is 0.352 e. The summed E-state index contributed by atoms with van der Waals surface area (Å²) in [7, 11) is 0. The van der Waals surface area contributed by atoms with E-state index in [1.165, 1.54) is 11.8 Å². The van der Waals surface area contributed by atoms with Crippen LogP contribution in [-0.2, 0) is 28.3 Å². The van der Waals surface area contributed by atoms with Crippen molar-refractivity contribution >= 4 is 58.4 Å². The van der Waals surface area contributed by atoms with Gasteiger partial charge < -0.3 is 10.2 Å². The maximum absolute atomic E-state index is 13.7. The molecule has 0 saturated heterocycles. The van der Waals surface area contributed by atoms with Crippen LogP contribution < -0.4 is 5.32 Å². The molecule has 3 rings (SSSR count). The number of nitrogens with zero attached hydrogens (tertiary/aromatic N) is 1. The van der Waals surface area contributed by atoms with Crippen molar-refractivity contribution in [2.75, 3.05) is 5.75 Å². The molecule has 0 radical (unpaired) electrons. The molecule has 37 heavy (non-hydrogen) atoms. The summed E-state index contributed by atoms with van der Waals surface area (Å²) >= 11 is 20.6.